The van der Waals surface area contributed by atoms with E-state index in [2.05, 4.69) is 52.0 Å². The van der Waals surface area contributed by atoms with Crippen LogP contribution in [-0.4, -0.2) is 50.8 Å². The average Bonchev–Trinajstić information content (AvgIpc) is 2.14. The van der Waals surface area contributed by atoms with Gasteiger partial charge < -0.3 is 15.0 Å². The molecule has 0 aromatic rings. The summed E-state index contributed by atoms with van der Waals surface area (Å²) in [7, 11) is 5.99. The second-order valence-electron chi connectivity index (χ2n) is 5.01. The van der Waals surface area contributed by atoms with E-state index >= 15 is 0 Å². The third-order valence-electron chi connectivity index (χ3n) is 2.92. The molecule has 3 heteroatoms. The molecule has 0 radical (unpaired) electrons. The van der Waals surface area contributed by atoms with Gasteiger partial charge in [-0.15, -0.1) is 0 Å². The van der Waals surface area contributed by atoms with Crippen LogP contribution in [0.5, 0.6) is 0 Å². The number of methoxy groups -OCH3 is 1. The van der Waals surface area contributed by atoms with Crippen LogP contribution in [0.2, 0.25) is 0 Å². The zero-order chi connectivity index (χ0) is 12.0. The molecule has 0 fully saturated rings. The van der Waals surface area contributed by atoms with Crippen molar-refractivity contribution in [2.45, 2.75) is 45.9 Å². The Bertz CT molecular complexity index is 160. The van der Waals surface area contributed by atoms with Gasteiger partial charge >= 0.3 is 0 Å². The second kappa shape index (κ2) is 7.20. The summed E-state index contributed by atoms with van der Waals surface area (Å²) in [6, 6.07) is 0.912. The Hall–Kier alpha value is -0.120. The van der Waals surface area contributed by atoms with Crippen LogP contribution in [-0.2, 0) is 4.74 Å². The standard InChI is InChI=1S/C12H28N2O/c1-9(2)12(8-14(5)6)13-10(3)11(4)15-7/h9-13H,8H2,1-7H3. The molecule has 3 atom stereocenters. The maximum atomic E-state index is 5.32. The highest BCUT2D eigenvalue weighted by atomic mass is 16.5. The summed E-state index contributed by atoms with van der Waals surface area (Å²) in [5.74, 6) is 0.638. The largest absolute Gasteiger partial charge is 0.380 e. The molecule has 0 aromatic carbocycles. The van der Waals surface area contributed by atoms with Crippen molar-refractivity contribution in [2.75, 3.05) is 27.7 Å². The Morgan fingerprint density at radius 3 is 2.00 bits per heavy atom. The Kier molecular flexibility index (Phi) is 7.14. The van der Waals surface area contributed by atoms with Crippen molar-refractivity contribution in [3.05, 3.63) is 0 Å². The Balaban J connectivity index is 4.15. The lowest BCUT2D eigenvalue weighted by Gasteiger charge is -2.31. The SMILES string of the molecule is COC(C)C(C)NC(CN(C)C)C(C)C. The van der Waals surface area contributed by atoms with Gasteiger partial charge in [0.15, 0.2) is 0 Å². The van der Waals surface area contributed by atoms with E-state index < -0.39 is 0 Å². The van der Waals surface area contributed by atoms with Crippen molar-refractivity contribution in [3.63, 3.8) is 0 Å². The van der Waals surface area contributed by atoms with Gasteiger partial charge in [0.2, 0.25) is 0 Å². The van der Waals surface area contributed by atoms with Gasteiger partial charge in [-0.1, -0.05) is 13.8 Å². The van der Waals surface area contributed by atoms with Gasteiger partial charge in [-0.2, -0.15) is 0 Å². The molecule has 0 aliphatic carbocycles. The minimum Gasteiger partial charge on any atom is -0.380 e. The lowest BCUT2D eigenvalue weighted by atomic mass is 10.0. The number of hydrogen-bond acceptors (Lipinski definition) is 3. The third kappa shape index (κ3) is 6.13. The molecule has 0 heterocycles. The minimum atomic E-state index is 0.258. The van der Waals surface area contributed by atoms with Crippen LogP contribution in [0.3, 0.4) is 0 Å². The predicted molar refractivity (Wildman–Crippen MR) is 66.2 cm³/mol. The Morgan fingerprint density at radius 2 is 1.67 bits per heavy atom. The van der Waals surface area contributed by atoms with E-state index in [9.17, 15) is 0 Å². The summed E-state index contributed by atoms with van der Waals surface area (Å²) in [5, 5.41) is 3.63. The van der Waals surface area contributed by atoms with Gasteiger partial charge in [-0.05, 0) is 33.9 Å². The van der Waals surface area contributed by atoms with Crippen LogP contribution in [0.1, 0.15) is 27.7 Å². The predicted octanol–water partition coefficient (Wildman–Crippen LogP) is 1.59. The first-order valence-electron chi connectivity index (χ1n) is 5.82. The average molecular weight is 216 g/mol. The number of ether oxygens (including phenoxy) is 1. The fraction of sp³-hybridized carbons (Fsp3) is 1.00. The third-order valence-corrected chi connectivity index (χ3v) is 2.92. The zero-order valence-electron chi connectivity index (χ0n) is 11.4. The Morgan fingerprint density at radius 1 is 1.13 bits per heavy atom. The molecule has 0 aliphatic rings. The number of hydrogen-bond donors (Lipinski definition) is 1. The molecule has 0 aliphatic heterocycles. The molecule has 0 aromatic heterocycles. The lowest BCUT2D eigenvalue weighted by molar-refractivity contribution is 0.0794. The quantitative estimate of drug-likeness (QED) is 0.699. The first-order valence-corrected chi connectivity index (χ1v) is 5.82. The molecule has 0 amide bonds. The first-order chi connectivity index (χ1) is 6.88. The van der Waals surface area contributed by atoms with Crippen molar-refractivity contribution in [1.29, 1.82) is 0 Å². The fourth-order valence-corrected chi connectivity index (χ4v) is 1.53. The maximum Gasteiger partial charge on any atom is 0.0693 e. The highest BCUT2D eigenvalue weighted by molar-refractivity contribution is 4.79. The fourth-order valence-electron chi connectivity index (χ4n) is 1.53. The molecule has 0 saturated carbocycles. The summed E-state index contributed by atoms with van der Waals surface area (Å²) >= 11 is 0. The van der Waals surface area contributed by atoms with Crippen LogP contribution in [0, 0.1) is 5.92 Å². The van der Waals surface area contributed by atoms with E-state index in [0.717, 1.165) is 6.54 Å². The van der Waals surface area contributed by atoms with E-state index in [4.69, 9.17) is 4.74 Å². The van der Waals surface area contributed by atoms with Gasteiger partial charge in [-0.25, -0.2) is 0 Å². The number of likely N-dealkylation sites (N-methyl/N-ethyl adjacent to an activating group) is 1. The highest BCUT2D eigenvalue weighted by Gasteiger charge is 2.19. The Labute approximate surface area is 95.2 Å². The first kappa shape index (κ1) is 14.9. The van der Waals surface area contributed by atoms with Gasteiger partial charge in [-0.3, -0.25) is 0 Å². The molecule has 0 bridgehead atoms. The summed E-state index contributed by atoms with van der Waals surface area (Å²) in [6.07, 6.45) is 0.258. The van der Waals surface area contributed by atoms with E-state index in [-0.39, 0.29) is 6.10 Å². The molecule has 15 heavy (non-hydrogen) atoms. The monoisotopic (exact) mass is 216 g/mol. The highest BCUT2D eigenvalue weighted by Crippen LogP contribution is 2.06. The van der Waals surface area contributed by atoms with Gasteiger partial charge in [0, 0.05) is 25.7 Å². The zero-order valence-corrected chi connectivity index (χ0v) is 11.4. The van der Waals surface area contributed by atoms with E-state index in [0.29, 0.717) is 18.0 Å². The van der Waals surface area contributed by atoms with Crippen LogP contribution in [0.25, 0.3) is 0 Å². The van der Waals surface area contributed by atoms with Crippen molar-refractivity contribution in [3.8, 4) is 0 Å². The molecule has 0 spiro atoms. The second-order valence-corrected chi connectivity index (χ2v) is 5.01. The van der Waals surface area contributed by atoms with Crippen LogP contribution in [0.4, 0.5) is 0 Å². The molecule has 3 nitrogen and oxygen atoms in total. The van der Waals surface area contributed by atoms with Crippen molar-refractivity contribution >= 4 is 0 Å². The number of nitrogens with one attached hydrogen (secondary N) is 1. The maximum absolute atomic E-state index is 5.32. The molecule has 3 unspecified atom stereocenters. The van der Waals surface area contributed by atoms with Gasteiger partial charge in [0.1, 0.15) is 0 Å². The minimum absolute atomic E-state index is 0.258. The van der Waals surface area contributed by atoms with Crippen LogP contribution in [0.15, 0.2) is 0 Å². The lowest BCUT2D eigenvalue weighted by Crippen LogP contribution is -2.49. The van der Waals surface area contributed by atoms with E-state index in [1.54, 1.807) is 7.11 Å². The summed E-state index contributed by atoms with van der Waals surface area (Å²) in [6.45, 7) is 9.86. The molecular formula is C12H28N2O. The summed E-state index contributed by atoms with van der Waals surface area (Å²) in [4.78, 5) is 2.22. The molecule has 0 rings (SSSR count). The van der Waals surface area contributed by atoms with Crippen LogP contribution < -0.4 is 5.32 Å². The van der Waals surface area contributed by atoms with Gasteiger partial charge in [0.05, 0.1) is 6.10 Å². The van der Waals surface area contributed by atoms with Crippen molar-refractivity contribution in [1.82, 2.24) is 10.2 Å². The normalized spacial score (nSPS) is 18.2. The van der Waals surface area contributed by atoms with Gasteiger partial charge in [0.25, 0.3) is 0 Å². The topological polar surface area (TPSA) is 24.5 Å². The van der Waals surface area contributed by atoms with Crippen molar-refractivity contribution in [2.24, 2.45) is 5.92 Å². The molecule has 92 valence electrons. The molecule has 1 N–H and O–H groups in total. The van der Waals surface area contributed by atoms with E-state index in [1.165, 1.54) is 0 Å². The molecule has 0 saturated heterocycles. The number of nitrogens with zero attached hydrogens (tertiary/aromatic N) is 1. The smallest absolute Gasteiger partial charge is 0.0693 e. The van der Waals surface area contributed by atoms with Crippen LogP contribution >= 0.6 is 0 Å². The van der Waals surface area contributed by atoms with Crippen molar-refractivity contribution < 1.29 is 4.74 Å². The summed E-state index contributed by atoms with van der Waals surface area (Å²) in [5.41, 5.74) is 0. The summed E-state index contributed by atoms with van der Waals surface area (Å²) < 4.78 is 5.32. The molecular weight excluding hydrogens is 188 g/mol. The number of rotatable bonds is 7. The van der Waals surface area contributed by atoms with E-state index in [1.807, 2.05) is 0 Å².